The van der Waals surface area contributed by atoms with Crippen molar-refractivity contribution in [2.45, 2.75) is 44.0 Å². The molecule has 1 atom stereocenters. The standard InChI is InChI=1S/C20H28N2O2.C2HF3O2/c1-23-13-6-17-7-14-24-20(17)8-11-22(12-9-20)15-16-3-2-4-19-18(16)5-10-21-19;3-2(4,5)1(6)7/h2-5,10,17,21H,6-9,11-15H2,1H3;(H,6,7). The summed E-state index contributed by atoms with van der Waals surface area (Å²) in [6.45, 7) is 5.08. The third kappa shape index (κ3) is 5.78. The van der Waals surface area contributed by atoms with Gasteiger partial charge in [0.1, 0.15) is 0 Å². The van der Waals surface area contributed by atoms with Gasteiger partial charge >= 0.3 is 12.1 Å². The Morgan fingerprint density at radius 3 is 2.68 bits per heavy atom. The quantitative estimate of drug-likeness (QED) is 0.726. The first-order chi connectivity index (χ1) is 14.7. The highest BCUT2D eigenvalue weighted by molar-refractivity contribution is 5.82. The van der Waals surface area contributed by atoms with Crippen molar-refractivity contribution in [3.8, 4) is 0 Å². The van der Waals surface area contributed by atoms with Crippen molar-refractivity contribution in [1.82, 2.24) is 9.88 Å². The molecule has 0 saturated carbocycles. The Balaban J connectivity index is 0.000000339. The highest BCUT2D eigenvalue weighted by atomic mass is 19.4. The molecule has 1 spiro atoms. The van der Waals surface area contributed by atoms with E-state index in [1.807, 2.05) is 6.20 Å². The largest absolute Gasteiger partial charge is 0.490 e. The lowest BCUT2D eigenvalue weighted by Crippen LogP contribution is -2.47. The summed E-state index contributed by atoms with van der Waals surface area (Å²) in [7, 11) is 1.80. The van der Waals surface area contributed by atoms with E-state index in [9.17, 15) is 13.2 Å². The second kappa shape index (κ2) is 10.0. The predicted octanol–water partition coefficient (Wildman–Crippen LogP) is 4.21. The van der Waals surface area contributed by atoms with Crippen LogP contribution in [0.15, 0.2) is 30.5 Å². The van der Waals surface area contributed by atoms with Crippen molar-refractivity contribution in [3.05, 3.63) is 36.0 Å². The molecule has 0 aliphatic carbocycles. The Hall–Kier alpha value is -2.10. The van der Waals surface area contributed by atoms with Gasteiger partial charge in [0.2, 0.25) is 0 Å². The van der Waals surface area contributed by atoms with Gasteiger partial charge in [0, 0.05) is 57.1 Å². The lowest BCUT2D eigenvalue weighted by Gasteiger charge is -2.42. The lowest BCUT2D eigenvalue weighted by atomic mass is 9.78. The summed E-state index contributed by atoms with van der Waals surface area (Å²) >= 11 is 0. The number of hydrogen-bond acceptors (Lipinski definition) is 4. The van der Waals surface area contributed by atoms with E-state index in [0.717, 1.165) is 52.1 Å². The first kappa shape index (κ1) is 23.6. The number of alkyl halides is 3. The number of methoxy groups -OCH3 is 1. The summed E-state index contributed by atoms with van der Waals surface area (Å²) < 4.78 is 43.3. The second-order valence-corrected chi connectivity index (χ2v) is 8.12. The fraction of sp³-hybridized carbons (Fsp3) is 0.591. The maximum Gasteiger partial charge on any atom is 0.490 e. The van der Waals surface area contributed by atoms with Crippen LogP contribution in [0, 0.1) is 5.92 Å². The minimum atomic E-state index is -5.08. The zero-order valence-electron chi connectivity index (χ0n) is 17.6. The van der Waals surface area contributed by atoms with E-state index in [4.69, 9.17) is 19.4 Å². The summed E-state index contributed by atoms with van der Waals surface area (Å²) in [5.74, 6) is -2.08. The maximum atomic E-state index is 10.6. The van der Waals surface area contributed by atoms with Crippen molar-refractivity contribution in [2.75, 3.05) is 33.4 Å². The molecule has 2 fully saturated rings. The number of benzene rings is 1. The average molecular weight is 442 g/mol. The fourth-order valence-corrected chi connectivity index (χ4v) is 4.62. The van der Waals surface area contributed by atoms with E-state index in [1.54, 1.807) is 7.11 Å². The Labute approximate surface area is 179 Å². The number of nitrogens with zero attached hydrogens (tertiary/aromatic N) is 1. The van der Waals surface area contributed by atoms with E-state index in [-0.39, 0.29) is 5.60 Å². The molecule has 2 aliphatic heterocycles. The van der Waals surface area contributed by atoms with Crippen molar-refractivity contribution < 1.29 is 32.5 Å². The van der Waals surface area contributed by atoms with Crippen LogP contribution in [-0.2, 0) is 20.8 Å². The van der Waals surface area contributed by atoms with E-state index in [1.165, 1.54) is 22.9 Å². The van der Waals surface area contributed by atoms with Crippen LogP contribution in [0.4, 0.5) is 13.2 Å². The molecule has 0 bridgehead atoms. The zero-order valence-corrected chi connectivity index (χ0v) is 17.6. The van der Waals surface area contributed by atoms with Gasteiger partial charge < -0.3 is 19.6 Å². The van der Waals surface area contributed by atoms with Crippen molar-refractivity contribution in [1.29, 1.82) is 0 Å². The molecule has 2 aromatic rings. The molecule has 1 unspecified atom stereocenters. The topological polar surface area (TPSA) is 74.8 Å². The Bertz CT molecular complexity index is 860. The maximum absolute atomic E-state index is 10.6. The van der Waals surface area contributed by atoms with Crippen LogP contribution in [-0.4, -0.2) is 66.2 Å². The highest BCUT2D eigenvalue weighted by Crippen LogP contribution is 2.42. The van der Waals surface area contributed by atoms with Gasteiger partial charge in [-0.1, -0.05) is 12.1 Å². The van der Waals surface area contributed by atoms with Gasteiger partial charge in [0.25, 0.3) is 0 Å². The number of nitrogens with one attached hydrogen (secondary N) is 1. The first-order valence-corrected chi connectivity index (χ1v) is 10.5. The lowest BCUT2D eigenvalue weighted by molar-refractivity contribution is -0.192. The molecule has 4 rings (SSSR count). The monoisotopic (exact) mass is 442 g/mol. The minimum Gasteiger partial charge on any atom is -0.475 e. The third-order valence-corrected chi connectivity index (χ3v) is 6.29. The summed E-state index contributed by atoms with van der Waals surface area (Å²) in [6, 6.07) is 8.75. The van der Waals surface area contributed by atoms with Crippen LogP contribution in [0.2, 0.25) is 0 Å². The number of rotatable bonds is 5. The number of fused-ring (bicyclic) bond motifs is 1. The summed E-state index contributed by atoms with van der Waals surface area (Å²) in [4.78, 5) is 14.8. The minimum absolute atomic E-state index is 0.120. The number of aromatic nitrogens is 1. The number of hydrogen-bond donors (Lipinski definition) is 2. The molecule has 6 nitrogen and oxygen atoms in total. The SMILES string of the molecule is COCCC1CCOC12CCN(Cc1cccc3[nH]ccc13)CC2.O=C(O)C(F)(F)F. The number of aromatic amines is 1. The van der Waals surface area contributed by atoms with Gasteiger partial charge in [0.05, 0.1) is 5.60 Å². The van der Waals surface area contributed by atoms with Gasteiger partial charge in [-0.2, -0.15) is 13.2 Å². The average Bonchev–Trinajstić information content (AvgIpc) is 3.36. The number of halogens is 3. The van der Waals surface area contributed by atoms with Crippen LogP contribution in [0.3, 0.4) is 0 Å². The van der Waals surface area contributed by atoms with Crippen LogP contribution < -0.4 is 0 Å². The first-order valence-electron chi connectivity index (χ1n) is 10.5. The van der Waals surface area contributed by atoms with Crippen molar-refractivity contribution >= 4 is 16.9 Å². The van der Waals surface area contributed by atoms with Gasteiger partial charge in [-0.25, -0.2) is 4.79 Å². The molecule has 2 N–H and O–H groups in total. The molecule has 31 heavy (non-hydrogen) atoms. The molecule has 1 aromatic heterocycles. The van der Waals surface area contributed by atoms with E-state index in [2.05, 4.69) is 34.1 Å². The van der Waals surface area contributed by atoms with Crippen molar-refractivity contribution in [3.63, 3.8) is 0 Å². The molecule has 2 aliphatic rings. The van der Waals surface area contributed by atoms with E-state index in [0.29, 0.717) is 5.92 Å². The normalized spacial score (nSPS) is 21.2. The number of aliphatic carboxylic acids is 1. The molecular weight excluding hydrogens is 413 g/mol. The van der Waals surface area contributed by atoms with E-state index >= 15 is 0 Å². The van der Waals surface area contributed by atoms with Gasteiger partial charge in [-0.15, -0.1) is 0 Å². The molecule has 9 heteroatoms. The molecule has 0 radical (unpaired) electrons. The molecule has 1 aromatic carbocycles. The van der Waals surface area contributed by atoms with Gasteiger partial charge in [-0.05, 0) is 49.3 Å². The molecule has 0 amide bonds. The zero-order chi connectivity index (χ0) is 22.5. The number of carbonyl (C=O) groups is 1. The number of ether oxygens (including phenoxy) is 2. The summed E-state index contributed by atoms with van der Waals surface area (Å²) in [5, 5.41) is 8.48. The summed E-state index contributed by atoms with van der Waals surface area (Å²) in [5.41, 5.74) is 2.78. The van der Waals surface area contributed by atoms with Gasteiger partial charge in [-0.3, -0.25) is 4.90 Å². The highest BCUT2D eigenvalue weighted by Gasteiger charge is 2.45. The molecule has 3 heterocycles. The molecule has 172 valence electrons. The van der Waals surface area contributed by atoms with E-state index < -0.39 is 12.1 Å². The Kier molecular flexibility index (Phi) is 7.61. The Morgan fingerprint density at radius 1 is 1.32 bits per heavy atom. The smallest absolute Gasteiger partial charge is 0.475 e. The number of carboxylic acid groups (broad SMARTS) is 1. The van der Waals surface area contributed by atoms with Crippen LogP contribution in [0.5, 0.6) is 0 Å². The number of H-pyrrole nitrogens is 1. The number of piperidine rings is 1. The second-order valence-electron chi connectivity index (χ2n) is 8.12. The molecule has 2 saturated heterocycles. The number of carboxylic acids is 1. The van der Waals surface area contributed by atoms with Crippen LogP contribution >= 0.6 is 0 Å². The Morgan fingerprint density at radius 2 is 2.03 bits per heavy atom. The summed E-state index contributed by atoms with van der Waals surface area (Å²) in [6.07, 6.45) is 1.60. The van der Waals surface area contributed by atoms with Gasteiger partial charge in [0.15, 0.2) is 0 Å². The van der Waals surface area contributed by atoms with Crippen molar-refractivity contribution in [2.24, 2.45) is 5.92 Å². The van der Waals surface area contributed by atoms with Crippen LogP contribution in [0.1, 0.15) is 31.2 Å². The number of likely N-dealkylation sites (tertiary alicyclic amines) is 1. The fourth-order valence-electron chi connectivity index (χ4n) is 4.62. The van der Waals surface area contributed by atoms with Crippen LogP contribution in [0.25, 0.3) is 10.9 Å². The third-order valence-electron chi connectivity index (χ3n) is 6.29. The predicted molar refractivity (Wildman–Crippen MR) is 110 cm³/mol. The molecular formula is C22H29F3N2O4.